The van der Waals surface area contributed by atoms with E-state index in [9.17, 15) is 4.79 Å². The number of benzene rings is 1. The van der Waals surface area contributed by atoms with E-state index in [1.165, 1.54) is 0 Å². The van der Waals surface area contributed by atoms with E-state index in [1.807, 2.05) is 64.7 Å². The Balaban J connectivity index is 1.54. The molecule has 0 amide bonds. The van der Waals surface area contributed by atoms with E-state index < -0.39 is 5.60 Å². The van der Waals surface area contributed by atoms with Gasteiger partial charge in [0.2, 0.25) is 11.8 Å². The number of carbonyl (C=O) groups excluding carboxylic acids is 1. The molecule has 1 fully saturated rings. The summed E-state index contributed by atoms with van der Waals surface area (Å²) in [4.78, 5) is 15.4. The Morgan fingerprint density at radius 3 is 2.67 bits per heavy atom. The minimum absolute atomic E-state index is 0.0448. The fourth-order valence-corrected chi connectivity index (χ4v) is 6.38. The molecule has 2 atom stereocenters. The lowest BCUT2D eigenvalue weighted by Gasteiger charge is -2.26. The van der Waals surface area contributed by atoms with Gasteiger partial charge in [-0.05, 0) is 97.2 Å². The second-order valence-corrected chi connectivity index (χ2v) is 14.0. The van der Waals surface area contributed by atoms with Crippen molar-refractivity contribution in [1.29, 1.82) is 0 Å². The Labute approximate surface area is 282 Å². The van der Waals surface area contributed by atoms with E-state index in [-0.39, 0.29) is 30.9 Å². The lowest BCUT2D eigenvalue weighted by Crippen LogP contribution is -2.35. The van der Waals surface area contributed by atoms with E-state index >= 15 is 0 Å². The lowest BCUT2D eigenvalue weighted by atomic mass is 10.0. The Kier molecular flexibility index (Phi) is 9.67. The maximum absolute atomic E-state index is 13.1. The summed E-state index contributed by atoms with van der Waals surface area (Å²) in [5.74, 6) is 0.802. The molecule has 2 aliphatic heterocycles. The predicted octanol–water partition coefficient (Wildman–Crippen LogP) is 6.23. The quantitative estimate of drug-likeness (QED) is 0.222. The van der Waals surface area contributed by atoms with Gasteiger partial charge in [0.25, 0.3) is 0 Å². The Bertz CT molecular complexity index is 1790. The highest BCUT2D eigenvalue weighted by molar-refractivity contribution is 5.93. The molecule has 6 rings (SSSR count). The summed E-state index contributed by atoms with van der Waals surface area (Å²) < 4.78 is 30.3. The molecule has 12 nitrogen and oxygen atoms in total. The molecule has 0 spiro atoms. The van der Waals surface area contributed by atoms with Crippen LogP contribution in [-0.4, -0.2) is 77.7 Å². The summed E-state index contributed by atoms with van der Waals surface area (Å²) >= 11 is 0. The summed E-state index contributed by atoms with van der Waals surface area (Å²) in [6.45, 7) is 16.3. The molecule has 0 radical (unpaired) electrons. The number of hydrogen-bond donors (Lipinski definition) is 0. The summed E-state index contributed by atoms with van der Waals surface area (Å²) in [5.41, 5.74) is 4.73. The number of rotatable bonds is 6. The second kappa shape index (κ2) is 13.8. The Morgan fingerprint density at radius 2 is 1.96 bits per heavy atom. The third kappa shape index (κ3) is 7.29. The largest absolute Gasteiger partial charge is 0.473 e. The molecule has 0 N–H and O–H groups in total. The Hall–Kier alpha value is -4.16. The molecule has 5 heterocycles. The number of aryl methyl sites for hydroxylation is 1. The van der Waals surface area contributed by atoms with Gasteiger partial charge < -0.3 is 18.9 Å². The van der Waals surface area contributed by atoms with Crippen molar-refractivity contribution >= 4 is 29.0 Å². The zero-order valence-electron chi connectivity index (χ0n) is 29.5. The summed E-state index contributed by atoms with van der Waals surface area (Å²) in [6, 6.07) is 6.38. The van der Waals surface area contributed by atoms with Crippen molar-refractivity contribution in [3.63, 3.8) is 0 Å². The van der Waals surface area contributed by atoms with E-state index in [0.29, 0.717) is 31.5 Å². The van der Waals surface area contributed by atoms with Gasteiger partial charge >= 0.3 is 5.97 Å². The average molecular weight is 660 g/mol. The number of carbonyl (C=O) groups is 1. The minimum atomic E-state index is -0.621. The molecule has 3 aromatic heterocycles. The fourth-order valence-electron chi connectivity index (χ4n) is 6.38. The van der Waals surface area contributed by atoms with Crippen LogP contribution in [0.5, 0.6) is 11.8 Å². The number of aromatic nitrogens is 6. The van der Waals surface area contributed by atoms with Crippen molar-refractivity contribution in [2.24, 2.45) is 7.05 Å². The summed E-state index contributed by atoms with van der Waals surface area (Å²) in [6.07, 6.45) is 8.53. The first kappa shape index (κ1) is 33.7. The van der Waals surface area contributed by atoms with Crippen LogP contribution in [0.3, 0.4) is 0 Å². The topological polar surface area (TPSA) is 111 Å². The van der Waals surface area contributed by atoms with Gasteiger partial charge in [-0.25, -0.2) is 9.36 Å². The molecule has 2 bridgehead atoms. The molecule has 1 aromatic carbocycles. The number of ether oxygens (including phenoxy) is 4. The van der Waals surface area contributed by atoms with Crippen LogP contribution in [0, 0.1) is 0 Å². The number of esters is 1. The molecule has 0 aliphatic carbocycles. The van der Waals surface area contributed by atoms with E-state index in [2.05, 4.69) is 42.0 Å². The number of hydrogen-bond acceptors (Lipinski definition) is 9. The van der Waals surface area contributed by atoms with Gasteiger partial charge in [-0.15, -0.1) is 5.10 Å². The third-order valence-corrected chi connectivity index (χ3v) is 8.53. The highest BCUT2D eigenvalue weighted by atomic mass is 16.6. The molecule has 0 saturated carbocycles. The molecule has 4 aromatic rings. The first-order valence-electron chi connectivity index (χ1n) is 17.1. The first-order valence-corrected chi connectivity index (χ1v) is 17.1. The summed E-state index contributed by atoms with van der Waals surface area (Å²) in [5, 5.41) is 15.5. The summed E-state index contributed by atoms with van der Waals surface area (Å²) in [7, 11) is 1.90. The zero-order chi connectivity index (χ0) is 34.2. The smallest absolute Gasteiger partial charge is 0.328 e. The lowest BCUT2D eigenvalue weighted by molar-refractivity contribution is -0.155. The van der Waals surface area contributed by atoms with Crippen molar-refractivity contribution in [2.75, 3.05) is 19.7 Å². The normalized spacial score (nSPS) is 19.8. The molecule has 258 valence electrons. The SMILES string of the molecule is CCN1Cc2c(c(OC(C)C)nn2CC(=O)OC(C)(C)C)/C=C/c2nn(C3CCCCO3)c3ccc(cc23)-c2cnn(C)c2O[C@@H](C)C1. The molecule has 1 unspecified atom stereocenters. The average Bonchev–Trinajstić information content (AvgIpc) is 3.67. The predicted molar refractivity (Wildman–Crippen MR) is 185 cm³/mol. The van der Waals surface area contributed by atoms with Crippen LogP contribution < -0.4 is 9.47 Å². The molecule has 2 aliphatic rings. The number of fused-ring (bicyclic) bond motifs is 4. The zero-order valence-corrected chi connectivity index (χ0v) is 29.5. The van der Waals surface area contributed by atoms with Gasteiger partial charge in [-0.1, -0.05) is 13.0 Å². The highest BCUT2D eigenvalue weighted by Crippen LogP contribution is 2.36. The maximum atomic E-state index is 13.1. The van der Waals surface area contributed by atoms with Crippen molar-refractivity contribution in [2.45, 2.75) is 105 Å². The second-order valence-electron chi connectivity index (χ2n) is 14.0. The van der Waals surface area contributed by atoms with Crippen LogP contribution in [0.25, 0.3) is 34.2 Å². The minimum Gasteiger partial charge on any atom is -0.473 e. The van der Waals surface area contributed by atoms with Gasteiger partial charge in [0.1, 0.15) is 18.2 Å². The molecular formula is C36H49N7O5. The monoisotopic (exact) mass is 659 g/mol. The molecule has 12 heteroatoms. The van der Waals surface area contributed by atoms with Crippen LogP contribution in [-0.2, 0) is 34.4 Å². The first-order chi connectivity index (χ1) is 22.9. The Morgan fingerprint density at radius 1 is 1.15 bits per heavy atom. The van der Waals surface area contributed by atoms with Crippen LogP contribution in [0.1, 0.15) is 90.9 Å². The van der Waals surface area contributed by atoms with Crippen LogP contribution in [0.2, 0.25) is 0 Å². The van der Waals surface area contributed by atoms with Gasteiger partial charge in [0, 0.05) is 32.1 Å². The molecule has 1 saturated heterocycles. The van der Waals surface area contributed by atoms with Crippen molar-refractivity contribution in [3.8, 4) is 22.9 Å². The van der Waals surface area contributed by atoms with E-state index in [4.69, 9.17) is 29.1 Å². The van der Waals surface area contributed by atoms with Crippen LogP contribution in [0.4, 0.5) is 0 Å². The van der Waals surface area contributed by atoms with E-state index in [0.717, 1.165) is 64.8 Å². The van der Waals surface area contributed by atoms with Gasteiger partial charge in [0.15, 0.2) is 6.23 Å². The van der Waals surface area contributed by atoms with Crippen molar-refractivity contribution in [3.05, 3.63) is 41.3 Å². The third-order valence-electron chi connectivity index (χ3n) is 8.53. The van der Waals surface area contributed by atoms with Crippen molar-refractivity contribution in [1.82, 2.24) is 34.2 Å². The van der Waals surface area contributed by atoms with Crippen LogP contribution in [0.15, 0.2) is 24.4 Å². The van der Waals surface area contributed by atoms with Gasteiger partial charge in [0.05, 0.1) is 40.3 Å². The number of likely N-dealkylation sites (N-methyl/N-ethyl adjacent to an activating group) is 1. The van der Waals surface area contributed by atoms with Crippen LogP contribution >= 0.6 is 0 Å². The van der Waals surface area contributed by atoms with Gasteiger partial charge in [-0.3, -0.25) is 14.4 Å². The molecular weight excluding hydrogens is 610 g/mol. The van der Waals surface area contributed by atoms with E-state index in [1.54, 1.807) is 9.36 Å². The fraction of sp³-hybridized carbons (Fsp3) is 0.556. The number of nitrogens with zero attached hydrogens (tertiary/aromatic N) is 7. The highest BCUT2D eigenvalue weighted by Gasteiger charge is 2.27. The van der Waals surface area contributed by atoms with Crippen molar-refractivity contribution < 1.29 is 23.7 Å². The standard InChI is InChI=1S/C36H49N7O5/c1-9-41-20-24(4)47-35-28(19-37-40(35)8)25-13-16-30-27(18-25)29(38-43(30)32-12-10-11-17-45-32)15-14-26-31(21-41)42(39-34(26)46-23(2)3)22-33(44)48-36(5,6)7/h13-16,18-19,23-24,32H,9-12,17,20-22H2,1-8H3/b15-14+/t24-,32?/m0/s1. The maximum Gasteiger partial charge on any atom is 0.328 e. The molecule has 48 heavy (non-hydrogen) atoms. The van der Waals surface area contributed by atoms with Gasteiger partial charge in [-0.2, -0.15) is 10.2 Å².